The first-order valence-corrected chi connectivity index (χ1v) is 9.42. The maximum Gasteiger partial charge on any atom is 0.273 e. The van der Waals surface area contributed by atoms with Crippen LogP contribution in [0, 0.1) is 6.92 Å². The SMILES string of the molecule is COc1ccc(C2C[C@H]3CC[C@@H](C2)N3C(=O)c2csc(C)n2)cc1. The third-order valence-electron chi connectivity index (χ3n) is 5.39. The third kappa shape index (κ3) is 2.71. The highest BCUT2D eigenvalue weighted by atomic mass is 32.1. The van der Waals surface area contributed by atoms with Gasteiger partial charge in [-0.1, -0.05) is 12.1 Å². The van der Waals surface area contributed by atoms with Gasteiger partial charge in [-0.15, -0.1) is 11.3 Å². The van der Waals surface area contributed by atoms with E-state index in [0.29, 0.717) is 23.7 Å². The second-order valence-corrected chi connectivity index (χ2v) is 7.85. The fraction of sp³-hybridized carbons (Fsp3) is 0.474. The number of carbonyl (C=O) groups is 1. The first-order valence-electron chi connectivity index (χ1n) is 8.54. The summed E-state index contributed by atoms with van der Waals surface area (Å²) >= 11 is 1.55. The van der Waals surface area contributed by atoms with Gasteiger partial charge in [-0.2, -0.15) is 0 Å². The summed E-state index contributed by atoms with van der Waals surface area (Å²) in [5.41, 5.74) is 1.99. The molecular formula is C19H22N2O2S. The number of amides is 1. The van der Waals surface area contributed by atoms with Crippen LogP contribution in [0.25, 0.3) is 0 Å². The summed E-state index contributed by atoms with van der Waals surface area (Å²) in [6.07, 6.45) is 4.34. The predicted molar refractivity (Wildman–Crippen MR) is 94.8 cm³/mol. The van der Waals surface area contributed by atoms with Crippen LogP contribution in [-0.4, -0.2) is 35.0 Å². The Morgan fingerprint density at radius 2 is 1.88 bits per heavy atom. The van der Waals surface area contributed by atoms with Crippen LogP contribution in [0.5, 0.6) is 5.75 Å². The predicted octanol–water partition coefficient (Wildman–Crippen LogP) is 4.01. The molecule has 3 heterocycles. The summed E-state index contributed by atoms with van der Waals surface area (Å²) in [5.74, 6) is 1.56. The summed E-state index contributed by atoms with van der Waals surface area (Å²) in [6.45, 7) is 1.95. The fourth-order valence-electron chi connectivity index (χ4n) is 4.25. The van der Waals surface area contributed by atoms with Gasteiger partial charge in [0.2, 0.25) is 0 Å². The molecule has 1 aromatic heterocycles. The van der Waals surface area contributed by atoms with E-state index in [1.54, 1.807) is 18.4 Å². The van der Waals surface area contributed by atoms with Gasteiger partial charge in [-0.25, -0.2) is 4.98 Å². The van der Waals surface area contributed by atoms with Gasteiger partial charge in [0.1, 0.15) is 11.4 Å². The third-order valence-corrected chi connectivity index (χ3v) is 6.17. The smallest absolute Gasteiger partial charge is 0.273 e. The van der Waals surface area contributed by atoms with E-state index in [1.807, 2.05) is 24.4 Å². The van der Waals surface area contributed by atoms with Crippen LogP contribution in [0.3, 0.4) is 0 Å². The first-order chi connectivity index (χ1) is 11.7. The van der Waals surface area contributed by atoms with Gasteiger partial charge >= 0.3 is 0 Å². The Morgan fingerprint density at radius 1 is 1.21 bits per heavy atom. The second-order valence-electron chi connectivity index (χ2n) is 6.79. The lowest BCUT2D eigenvalue weighted by atomic mass is 9.85. The van der Waals surface area contributed by atoms with E-state index in [4.69, 9.17) is 4.74 Å². The number of nitrogens with zero attached hydrogens (tertiary/aromatic N) is 2. The molecule has 2 aromatic rings. The molecule has 4 rings (SSSR count). The highest BCUT2D eigenvalue weighted by Gasteiger charge is 2.44. The minimum atomic E-state index is 0.125. The quantitative estimate of drug-likeness (QED) is 0.846. The maximum absolute atomic E-state index is 12.9. The lowest BCUT2D eigenvalue weighted by molar-refractivity contribution is 0.0566. The standard InChI is InChI=1S/C19H22N2O2S/c1-12-20-18(11-24-12)19(22)21-15-5-6-16(21)10-14(9-15)13-3-7-17(23-2)8-4-13/h3-4,7-8,11,14-16H,5-6,9-10H2,1-2H3/t14?,15-,16+. The van der Waals surface area contributed by atoms with Crippen LogP contribution in [0.4, 0.5) is 0 Å². The molecule has 2 saturated heterocycles. The fourth-order valence-corrected chi connectivity index (χ4v) is 4.84. The second kappa shape index (κ2) is 6.20. The number of ether oxygens (including phenoxy) is 1. The van der Waals surface area contributed by atoms with Crippen molar-refractivity contribution in [1.82, 2.24) is 9.88 Å². The number of methoxy groups -OCH3 is 1. The molecule has 126 valence electrons. The Morgan fingerprint density at radius 3 is 2.42 bits per heavy atom. The number of rotatable bonds is 3. The van der Waals surface area contributed by atoms with Crippen molar-refractivity contribution in [3.05, 3.63) is 45.9 Å². The van der Waals surface area contributed by atoms with Gasteiger partial charge in [0.25, 0.3) is 5.91 Å². The van der Waals surface area contributed by atoms with Crippen LogP contribution >= 0.6 is 11.3 Å². The van der Waals surface area contributed by atoms with Crippen LogP contribution < -0.4 is 4.74 Å². The van der Waals surface area contributed by atoms with E-state index in [2.05, 4.69) is 22.0 Å². The van der Waals surface area contributed by atoms with Crippen molar-refractivity contribution < 1.29 is 9.53 Å². The molecule has 2 bridgehead atoms. The van der Waals surface area contributed by atoms with Gasteiger partial charge < -0.3 is 9.64 Å². The maximum atomic E-state index is 12.9. The Kier molecular flexibility index (Phi) is 4.04. The van der Waals surface area contributed by atoms with Crippen molar-refractivity contribution in [2.75, 3.05) is 7.11 Å². The van der Waals surface area contributed by atoms with E-state index >= 15 is 0 Å². The highest BCUT2D eigenvalue weighted by Crippen LogP contribution is 2.43. The van der Waals surface area contributed by atoms with Gasteiger partial charge in [0.05, 0.1) is 12.1 Å². The molecule has 1 unspecified atom stereocenters. The Labute approximate surface area is 146 Å². The molecule has 0 saturated carbocycles. The lowest BCUT2D eigenvalue weighted by Gasteiger charge is -2.39. The minimum Gasteiger partial charge on any atom is -0.497 e. The molecule has 4 nitrogen and oxygen atoms in total. The number of benzene rings is 1. The van der Waals surface area contributed by atoms with Crippen molar-refractivity contribution in [2.45, 2.75) is 50.6 Å². The van der Waals surface area contributed by atoms with E-state index in [1.165, 1.54) is 5.56 Å². The van der Waals surface area contributed by atoms with Crippen LogP contribution in [0.1, 0.15) is 52.7 Å². The van der Waals surface area contributed by atoms with Gasteiger partial charge in [0.15, 0.2) is 0 Å². The van der Waals surface area contributed by atoms with Crippen LogP contribution in [0.15, 0.2) is 29.6 Å². The molecule has 0 N–H and O–H groups in total. The summed E-state index contributed by atoms with van der Waals surface area (Å²) in [4.78, 5) is 19.4. The summed E-state index contributed by atoms with van der Waals surface area (Å²) in [6, 6.07) is 9.12. The van der Waals surface area contributed by atoms with Crippen LogP contribution in [-0.2, 0) is 0 Å². The molecule has 0 spiro atoms. The molecule has 24 heavy (non-hydrogen) atoms. The normalized spacial score (nSPS) is 25.8. The van der Waals surface area contributed by atoms with Crippen molar-refractivity contribution in [3.63, 3.8) is 0 Å². The number of aryl methyl sites for hydroxylation is 1. The largest absolute Gasteiger partial charge is 0.497 e. The summed E-state index contributed by atoms with van der Waals surface area (Å²) in [7, 11) is 1.69. The molecule has 0 radical (unpaired) electrons. The average molecular weight is 342 g/mol. The zero-order valence-corrected chi connectivity index (χ0v) is 14.9. The zero-order valence-electron chi connectivity index (χ0n) is 14.1. The zero-order chi connectivity index (χ0) is 16.7. The van der Waals surface area contributed by atoms with Gasteiger partial charge in [-0.05, 0) is 56.2 Å². The monoisotopic (exact) mass is 342 g/mol. The average Bonchev–Trinajstić information content (AvgIpc) is 3.15. The molecule has 5 heteroatoms. The van der Waals surface area contributed by atoms with Gasteiger partial charge in [0, 0.05) is 17.5 Å². The lowest BCUT2D eigenvalue weighted by Crippen LogP contribution is -2.46. The van der Waals surface area contributed by atoms with E-state index in [0.717, 1.165) is 36.4 Å². The van der Waals surface area contributed by atoms with Crippen molar-refractivity contribution >= 4 is 17.2 Å². The van der Waals surface area contributed by atoms with Gasteiger partial charge in [-0.3, -0.25) is 4.79 Å². The Balaban J connectivity index is 1.51. The van der Waals surface area contributed by atoms with Crippen LogP contribution in [0.2, 0.25) is 0 Å². The van der Waals surface area contributed by atoms with Crippen molar-refractivity contribution in [2.24, 2.45) is 0 Å². The van der Waals surface area contributed by atoms with Crippen molar-refractivity contribution in [3.8, 4) is 5.75 Å². The highest BCUT2D eigenvalue weighted by molar-refractivity contribution is 7.09. The molecule has 2 aliphatic heterocycles. The van der Waals surface area contributed by atoms with Crippen molar-refractivity contribution in [1.29, 1.82) is 0 Å². The number of piperidine rings is 1. The summed E-state index contributed by atoms with van der Waals surface area (Å²) in [5, 5.41) is 2.85. The molecule has 1 aromatic carbocycles. The Bertz CT molecular complexity index is 726. The number of hydrogen-bond acceptors (Lipinski definition) is 4. The molecule has 3 atom stereocenters. The van der Waals surface area contributed by atoms with E-state index in [9.17, 15) is 4.79 Å². The molecule has 1 amide bonds. The Hall–Kier alpha value is -1.88. The number of carbonyl (C=O) groups excluding carboxylic acids is 1. The molecule has 2 fully saturated rings. The van der Waals surface area contributed by atoms with E-state index in [-0.39, 0.29) is 5.91 Å². The molecular weight excluding hydrogens is 320 g/mol. The number of thiazole rings is 1. The topological polar surface area (TPSA) is 42.4 Å². The number of aromatic nitrogens is 1. The van der Waals surface area contributed by atoms with E-state index < -0.39 is 0 Å². The first kappa shape index (κ1) is 15.6. The number of hydrogen-bond donors (Lipinski definition) is 0. The molecule has 2 aliphatic rings. The number of fused-ring (bicyclic) bond motifs is 2. The minimum absolute atomic E-state index is 0.125. The summed E-state index contributed by atoms with van der Waals surface area (Å²) < 4.78 is 5.25. The molecule has 0 aliphatic carbocycles.